The molecule has 1 aromatic heterocycles. The number of nitrogens with one attached hydrogen (secondary N) is 2. The summed E-state index contributed by atoms with van der Waals surface area (Å²) < 4.78 is 11.8. The number of aromatic amines is 2. The van der Waals surface area contributed by atoms with Crippen molar-refractivity contribution in [3.05, 3.63) is 50.1 Å². The van der Waals surface area contributed by atoms with Crippen molar-refractivity contribution in [2.45, 2.75) is 33.4 Å². The normalized spacial score (nSPS) is 14.2. The van der Waals surface area contributed by atoms with Gasteiger partial charge in [-0.25, -0.2) is 0 Å². The van der Waals surface area contributed by atoms with Crippen LogP contribution in [-0.4, -0.2) is 34.6 Å². The summed E-state index contributed by atoms with van der Waals surface area (Å²) in [6.07, 6.45) is 0.776. The third-order valence-electron chi connectivity index (χ3n) is 4.23. The Bertz CT molecular complexity index is 859. The van der Waals surface area contributed by atoms with Gasteiger partial charge >= 0.3 is 0 Å². The van der Waals surface area contributed by atoms with E-state index >= 15 is 0 Å². The van der Waals surface area contributed by atoms with E-state index in [9.17, 15) is 4.79 Å². The number of hydrogen-bond acceptors (Lipinski definition) is 5. The highest BCUT2D eigenvalue weighted by Crippen LogP contribution is 2.27. The zero-order chi connectivity index (χ0) is 17.8. The molecule has 134 valence electrons. The third-order valence-corrected chi connectivity index (χ3v) is 4.43. The molecule has 2 N–H and O–H groups in total. The first kappa shape index (κ1) is 17.7. The van der Waals surface area contributed by atoms with Crippen LogP contribution in [0, 0.1) is 4.77 Å². The first-order valence-electron chi connectivity index (χ1n) is 8.56. The van der Waals surface area contributed by atoms with Gasteiger partial charge < -0.3 is 14.5 Å². The van der Waals surface area contributed by atoms with Crippen LogP contribution in [0.3, 0.4) is 0 Å². The minimum absolute atomic E-state index is 0.100. The lowest BCUT2D eigenvalue weighted by molar-refractivity contribution is 0.235. The summed E-state index contributed by atoms with van der Waals surface area (Å²) in [6.45, 7) is 7.31. The largest absolute Gasteiger partial charge is 0.494 e. The van der Waals surface area contributed by atoms with Crippen molar-refractivity contribution in [3.63, 3.8) is 0 Å². The number of ether oxygens (including phenoxy) is 2. The average molecular weight is 361 g/mol. The fourth-order valence-corrected chi connectivity index (χ4v) is 3.34. The first-order chi connectivity index (χ1) is 12.1. The van der Waals surface area contributed by atoms with Crippen molar-refractivity contribution in [1.29, 1.82) is 0 Å². The fourth-order valence-electron chi connectivity index (χ4n) is 3.12. The van der Waals surface area contributed by atoms with Gasteiger partial charge in [-0.05, 0) is 44.3 Å². The highest BCUT2D eigenvalue weighted by molar-refractivity contribution is 7.71. The molecular weight excluding hydrogens is 338 g/mol. The number of H-pyrrole nitrogens is 2. The molecule has 1 aromatic carbocycles. The second-order valence-corrected chi connectivity index (χ2v) is 6.37. The maximum atomic E-state index is 12.2. The molecule has 1 aliphatic heterocycles. The first-order valence-corrected chi connectivity index (χ1v) is 8.96. The zero-order valence-electron chi connectivity index (χ0n) is 14.6. The molecule has 0 saturated carbocycles. The van der Waals surface area contributed by atoms with Gasteiger partial charge in [0.1, 0.15) is 11.5 Å². The van der Waals surface area contributed by atoms with Crippen molar-refractivity contribution >= 4 is 12.2 Å². The standard InChI is InChI=1S/C18H23N3O3S/c1-3-23-13-5-6-16(24-4-2)12(9-13)10-21-8-7-15-14(11-21)17(22)20-18(25)19-15/h5-6,9H,3-4,7-8,10-11H2,1-2H3,(H2,19,20,22,25). The van der Waals surface area contributed by atoms with E-state index in [0.29, 0.717) is 31.1 Å². The Hall–Kier alpha value is -2.12. The molecule has 3 rings (SSSR count). The average Bonchev–Trinajstić information content (AvgIpc) is 2.58. The fraction of sp³-hybridized carbons (Fsp3) is 0.444. The van der Waals surface area contributed by atoms with E-state index in [1.807, 2.05) is 32.0 Å². The molecule has 0 amide bonds. The predicted octanol–water partition coefficient (Wildman–Crippen LogP) is 2.79. The summed E-state index contributed by atoms with van der Waals surface area (Å²) >= 11 is 5.05. The second-order valence-electron chi connectivity index (χ2n) is 5.96. The molecule has 7 heteroatoms. The van der Waals surface area contributed by atoms with Crippen LogP contribution in [0.15, 0.2) is 23.0 Å². The highest BCUT2D eigenvalue weighted by atomic mass is 32.1. The highest BCUT2D eigenvalue weighted by Gasteiger charge is 2.21. The molecule has 0 fully saturated rings. The molecule has 6 nitrogen and oxygen atoms in total. The van der Waals surface area contributed by atoms with Gasteiger partial charge in [-0.15, -0.1) is 0 Å². The monoisotopic (exact) mass is 361 g/mol. The number of hydrogen-bond donors (Lipinski definition) is 2. The van der Waals surface area contributed by atoms with Crippen molar-refractivity contribution in [2.75, 3.05) is 19.8 Å². The van der Waals surface area contributed by atoms with Crippen LogP contribution in [0.25, 0.3) is 0 Å². The van der Waals surface area contributed by atoms with E-state index in [2.05, 4.69) is 14.9 Å². The molecule has 25 heavy (non-hydrogen) atoms. The van der Waals surface area contributed by atoms with Gasteiger partial charge in [0.2, 0.25) is 0 Å². The zero-order valence-corrected chi connectivity index (χ0v) is 15.4. The minimum Gasteiger partial charge on any atom is -0.494 e. The van der Waals surface area contributed by atoms with E-state index in [0.717, 1.165) is 41.3 Å². The molecule has 2 heterocycles. The van der Waals surface area contributed by atoms with Crippen LogP contribution in [0.4, 0.5) is 0 Å². The number of nitrogens with zero attached hydrogens (tertiary/aromatic N) is 1. The molecule has 0 radical (unpaired) electrons. The Kier molecular flexibility index (Phi) is 5.55. The van der Waals surface area contributed by atoms with E-state index < -0.39 is 0 Å². The third kappa shape index (κ3) is 4.11. The molecule has 1 aliphatic rings. The summed E-state index contributed by atoms with van der Waals surface area (Å²) in [6, 6.07) is 5.90. The molecule has 0 saturated heterocycles. The molecule has 0 spiro atoms. The van der Waals surface area contributed by atoms with Crippen molar-refractivity contribution < 1.29 is 9.47 Å². The number of rotatable bonds is 6. The lowest BCUT2D eigenvalue weighted by Gasteiger charge is -2.28. The lowest BCUT2D eigenvalue weighted by atomic mass is 10.1. The number of aromatic nitrogens is 2. The van der Waals surface area contributed by atoms with E-state index in [-0.39, 0.29) is 5.56 Å². The minimum atomic E-state index is -0.100. The van der Waals surface area contributed by atoms with Gasteiger partial charge in [0.25, 0.3) is 5.56 Å². The van der Waals surface area contributed by atoms with Gasteiger partial charge in [-0.2, -0.15) is 0 Å². The quantitative estimate of drug-likeness (QED) is 0.774. The topological polar surface area (TPSA) is 70.3 Å². The Balaban J connectivity index is 1.83. The predicted molar refractivity (Wildman–Crippen MR) is 98.8 cm³/mol. The van der Waals surface area contributed by atoms with Gasteiger partial charge in [-0.1, -0.05) is 0 Å². The maximum Gasteiger partial charge on any atom is 0.256 e. The van der Waals surface area contributed by atoms with Crippen molar-refractivity contribution in [3.8, 4) is 11.5 Å². The van der Waals surface area contributed by atoms with E-state index in [4.69, 9.17) is 21.7 Å². The Labute approximate surface area is 151 Å². The Morgan fingerprint density at radius 3 is 2.76 bits per heavy atom. The molecule has 2 aromatic rings. The number of benzene rings is 1. The summed E-state index contributed by atoms with van der Waals surface area (Å²) in [5, 5.41) is 0. The Morgan fingerprint density at radius 2 is 2.00 bits per heavy atom. The van der Waals surface area contributed by atoms with Crippen LogP contribution < -0.4 is 15.0 Å². The molecule has 0 unspecified atom stereocenters. The number of fused-ring (bicyclic) bond motifs is 1. The van der Waals surface area contributed by atoms with Gasteiger partial charge in [0.15, 0.2) is 4.77 Å². The lowest BCUT2D eigenvalue weighted by Crippen LogP contribution is -2.35. The van der Waals surface area contributed by atoms with Crippen LogP contribution in [0.1, 0.15) is 30.7 Å². The summed E-state index contributed by atoms with van der Waals surface area (Å²) in [5.41, 5.74) is 2.67. The van der Waals surface area contributed by atoms with E-state index in [1.54, 1.807) is 0 Å². The van der Waals surface area contributed by atoms with Crippen LogP contribution >= 0.6 is 12.2 Å². The SMILES string of the molecule is CCOc1ccc(OCC)c(CN2CCc3[nH]c(=S)[nH]c(=O)c3C2)c1. The van der Waals surface area contributed by atoms with Crippen molar-refractivity contribution in [1.82, 2.24) is 14.9 Å². The smallest absolute Gasteiger partial charge is 0.256 e. The molecule has 0 bridgehead atoms. The van der Waals surface area contributed by atoms with Gasteiger partial charge in [-0.3, -0.25) is 14.7 Å². The molecule has 0 aliphatic carbocycles. The van der Waals surface area contributed by atoms with Gasteiger partial charge in [0, 0.05) is 37.3 Å². The molecule has 0 atom stereocenters. The maximum absolute atomic E-state index is 12.2. The van der Waals surface area contributed by atoms with E-state index in [1.165, 1.54) is 0 Å². The summed E-state index contributed by atoms with van der Waals surface area (Å²) in [7, 11) is 0. The summed E-state index contributed by atoms with van der Waals surface area (Å²) in [4.78, 5) is 20.2. The van der Waals surface area contributed by atoms with Crippen LogP contribution in [0.2, 0.25) is 0 Å². The second kappa shape index (κ2) is 7.84. The van der Waals surface area contributed by atoms with Gasteiger partial charge in [0.05, 0.1) is 18.8 Å². The Morgan fingerprint density at radius 1 is 1.20 bits per heavy atom. The van der Waals surface area contributed by atoms with Crippen LogP contribution in [0.5, 0.6) is 11.5 Å². The van der Waals surface area contributed by atoms with Crippen molar-refractivity contribution in [2.24, 2.45) is 0 Å². The molecular formula is C18H23N3O3S. The van der Waals surface area contributed by atoms with Crippen LogP contribution in [-0.2, 0) is 19.5 Å². The summed E-state index contributed by atoms with van der Waals surface area (Å²) in [5.74, 6) is 1.69.